The Balaban J connectivity index is 1.56. The van der Waals surface area contributed by atoms with Crippen LogP contribution in [0.15, 0.2) is 48.5 Å². The van der Waals surface area contributed by atoms with Gasteiger partial charge in [-0.1, -0.05) is 18.2 Å². The molecule has 2 aromatic carbocycles. The summed E-state index contributed by atoms with van der Waals surface area (Å²) in [6.45, 7) is 2.27. The number of imidazole rings is 1. The van der Waals surface area contributed by atoms with E-state index in [-0.39, 0.29) is 19.1 Å². The van der Waals surface area contributed by atoms with E-state index in [0.717, 1.165) is 48.5 Å². The SMILES string of the molecule is COc1cccc(OCc2nc3ccccc3n2CC(=O)N2CCCCC2)c1. The molecular weight excluding hydrogens is 354 g/mol. The molecule has 0 saturated carbocycles. The van der Waals surface area contributed by atoms with Gasteiger partial charge >= 0.3 is 0 Å². The third-order valence-corrected chi connectivity index (χ3v) is 5.14. The van der Waals surface area contributed by atoms with Crippen molar-refractivity contribution in [2.45, 2.75) is 32.4 Å². The first-order valence-corrected chi connectivity index (χ1v) is 9.73. The van der Waals surface area contributed by atoms with Crippen molar-refractivity contribution < 1.29 is 14.3 Å². The van der Waals surface area contributed by atoms with Crippen LogP contribution in [0.3, 0.4) is 0 Å². The molecule has 0 unspecified atom stereocenters. The Bertz CT molecular complexity index is 961. The summed E-state index contributed by atoms with van der Waals surface area (Å²) in [6.07, 6.45) is 3.38. The molecule has 0 atom stereocenters. The number of hydrogen-bond donors (Lipinski definition) is 0. The van der Waals surface area contributed by atoms with Gasteiger partial charge in [0.05, 0.1) is 18.1 Å². The van der Waals surface area contributed by atoms with E-state index in [4.69, 9.17) is 14.5 Å². The molecule has 6 heteroatoms. The van der Waals surface area contributed by atoms with E-state index in [1.165, 1.54) is 6.42 Å². The maximum absolute atomic E-state index is 12.8. The summed E-state index contributed by atoms with van der Waals surface area (Å²) in [4.78, 5) is 19.5. The van der Waals surface area contributed by atoms with Crippen molar-refractivity contribution in [2.75, 3.05) is 20.2 Å². The molecule has 0 radical (unpaired) electrons. The predicted molar refractivity (Wildman–Crippen MR) is 107 cm³/mol. The monoisotopic (exact) mass is 379 g/mol. The minimum atomic E-state index is 0.144. The highest BCUT2D eigenvalue weighted by atomic mass is 16.5. The zero-order chi connectivity index (χ0) is 19.3. The number of carbonyl (C=O) groups is 1. The van der Waals surface area contributed by atoms with Crippen LogP contribution in [0.5, 0.6) is 11.5 Å². The topological polar surface area (TPSA) is 56.6 Å². The van der Waals surface area contributed by atoms with E-state index in [1.807, 2.05) is 58.0 Å². The van der Waals surface area contributed by atoms with E-state index in [0.29, 0.717) is 5.75 Å². The largest absolute Gasteiger partial charge is 0.497 e. The molecule has 0 aliphatic carbocycles. The fraction of sp³-hybridized carbons (Fsp3) is 0.364. The van der Waals surface area contributed by atoms with Crippen LogP contribution in [-0.4, -0.2) is 40.6 Å². The number of benzene rings is 2. The number of amides is 1. The molecule has 1 aromatic heterocycles. The molecule has 28 heavy (non-hydrogen) atoms. The molecule has 3 aromatic rings. The Morgan fingerprint density at radius 1 is 1.04 bits per heavy atom. The third-order valence-electron chi connectivity index (χ3n) is 5.14. The zero-order valence-corrected chi connectivity index (χ0v) is 16.1. The molecule has 1 fully saturated rings. The van der Waals surface area contributed by atoms with Crippen LogP contribution in [0.1, 0.15) is 25.1 Å². The number of piperidine rings is 1. The van der Waals surface area contributed by atoms with E-state index in [9.17, 15) is 4.79 Å². The van der Waals surface area contributed by atoms with Crippen LogP contribution in [0.25, 0.3) is 11.0 Å². The molecule has 0 N–H and O–H groups in total. The third kappa shape index (κ3) is 3.96. The van der Waals surface area contributed by atoms with E-state index in [1.54, 1.807) is 7.11 Å². The summed E-state index contributed by atoms with van der Waals surface area (Å²) in [5, 5.41) is 0. The fourth-order valence-corrected chi connectivity index (χ4v) is 3.63. The van der Waals surface area contributed by atoms with Gasteiger partial charge in [0.1, 0.15) is 30.5 Å². The minimum absolute atomic E-state index is 0.144. The second-order valence-corrected chi connectivity index (χ2v) is 7.01. The number of carbonyl (C=O) groups excluding carboxylic acids is 1. The van der Waals surface area contributed by atoms with Crippen LogP contribution >= 0.6 is 0 Å². The molecule has 146 valence electrons. The number of hydrogen-bond acceptors (Lipinski definition) is 4. The highest BCUT2D eigenvalue weighted by molar-refractivity contribution is 5.81. The van der Waals surface area contributed by atoms with Gasteiger partial charge in [-0.2, -0.15) is 0 Å². The Morgan fingerprint density at radius 3 is 2.64 bits per heavy atom. The van der Waals surface area contributed by atoms with Gasteiger partial charge in [-0.3, -0.25) is 4.79 Å². The van der Waals surface area contributed by atoms with Crippen LogP contribution in [0.4, 0.5) is 0 Å². The zero-order valence-electron chi connectivity index (χ0n) is 16.1. The summed E-state index contributed by atoms with van der Waals surface area (Å²) in [5.74, 6) is 2.34. The van der Waals surface area contributed by atoms with Gasteiger partial charge in [0.2, 0.25) is 5.91 Å². The van der Waals surface area contributed by atoms with Crippen molar-refractivity contribution in [3.8, 4) is 11.5 Å². The maximum atomic E-state index is 12.8. The summed E-state index contributed by atoms with van der Waals surface area (Å²) >= 11 is 0. The van der Waals surface area contributed by atoms with Crippen molar-refractivity contribution in [3.05, 3.63) is 54.4 Å². The number of methoxy groups -OCH3 is 1. The smallest absolute Gasteiger partial charge is 0.242 e. The number of ether oxygens (including phenoxy) is 2. The highest BCUT2D eigenvalue weighted by Crippen LogP contribution is 2.22. The lowest BCUT2D eigenvalue weighted by atomic mass is 10.1. The Kier molecular flexibility index (Phi) is 5.46. The average molecular weight is 379 g/mol. The lowest BCUT2D eigenvalue weighted by Gasteiger charge is -2.27. The van der Waals surface area contributed by atoms with Gasteiger partial charge in [0.15, 0.2) is 0 Å². The number of para-hydroxylation sites is 2. The molecule has 4 rings (SSSR count). The second-order valence-electron chi connectivity index (χ2n) is 7.01. The molecule has 0 spiro atoms. The summed E-state index contributed by atoms with van der Waals surface area (Å²) < 4.78 is 13.2. The van der Waals surface area contributed by atoms with E-state index in [2.05, 4.69) is 0 Å². The summed E-state index contributed by atoms with van der Waals surface area (Å²) in [7, 11) is 1.63. The Labute approximate surface area is 164 Å². The van der Waals surface area contributed by atoms with Crippen LogP contribution in [0.2, 0.25) is 0 Å². The Morgan fingerprint density at radius 2 is 1.82 bits per heavy atom. The summed E-state index contributed by atoms with van der Waals surface area (Å²) in [5.41, 5.74) is 1.83. The number of fused-ring (bicyclic) bond motifs is 1. The molecule has 0 bridgehead atoms. The molecule has 1 saturated heterocycles. The second kappa shape index (κ2) is 8.33. The first-order chi connectivity index (χ1) is 13.7. The van der Waals surface area contributed by atoms with Crippen molar-refractivity contribution >= 4 is 16.9 Å². The van der Waals surface area contributed by atoms with E-state index >= 15 is 0 Å². The van der Waals surface area contributed by atoms with Gasteiger partial charge in [-0.15, -0.1) is 0 Å². The minimum Gasteiger partial charge on any atom is -0.497 e. The first-order valence-electron chi connectivity index (χ1n) is 9.73. The fourth-order valence-electron chi connectivity index (χ4n) is 3.63. The van der Waals surface area contributed by atoms with E-state index < -0.39 is 0 Å². The number of nitrogens with zero attached hydrogens (tertiary/aromatic N) is 3. The van der Waals surface area contributed by atoms with Crippen LogP contribution in [-0.2, 0) is 17.9 Å². The lowest BCUT2D eigenvalue weighted by molar-refractivity contribution is -0.132. The van der Waals surface area contributed by atoms with Crippen molar-refractivity contribution in [1.82, 2.24) is 14.5 Å². The molecule has 1 aliphatic heterocycles. The van der Waals surface area contributed by atoms with Crippen molar-refractivity contribution in [2.24, 2.45) is 0 Å². The van der Waals surface area contributed by atoms with Gasteiger partial charge < -0.3 is 18.9 Å². The Hall–Kier alpha value is -3.02. The first kappa shape index (κ1) is 18.3. The molecule has 1 amide bonds. The van der Waals surface area contributed by atoms with Gasteiger partial charge in [0.25, 0.3) is 0 Å². The van der Waals surface area contributed by atoms with Crippen LogP contribution < -0.4 is 9.47 Å². The van der Waals surface area contributed by atoms with Crippen LogP contribution in [0, 0.1) is 0 Å². The molecular formula is C22H25N3O3. The van der Waals surface area contributed by atoms with Crippen molar-refractivity contribution in [1.29, 1.82) is 0 Å². The average Bonchev–Trinajstić information content (AvgIpc) is 3.10. The normalized spacial score (nSPS) is 14.2. The highest BCUT2D eigenvalue weighted by Gasteiger charge is 2.20. The number of aromatic nitrogens is 2. The van der Waals surface area contributed by atoms with Gasteiger partial charge in [-0.25, -0.2) is 4.98 Å². The number of likely N-dealkylation sites (tertiary alicyclic amines) is 1. The van der Waals surface area contributed by atoms with Gasteiger partial charge in [-0.05, 0) is 43.5 Å². The summed E-state index contributed by atoms with van der Waals surface area (Å²) in [6, 6.07) is 15.4. The van der Waals surface area contributed by atoms with Crippen molar-refractivity contribution in [3.63, 3.8) is 0 Å². The predicted octanol–water partition coefficient (Wildman–Crippen LogP) is 3.64. The van der Waals surface area contributed by atoms with Gasteiger partial charge in [0, 0.05) is 19.2 Å². The standard InChI is InChI=1S/C22H25N3O3/c1-27-17-8-7-9-18(14-17)28-16-21-23-19-10-3-4-11-20(19)25(21)15-22(26)24-12-5-2-6-13-24/h3-4,7-11,14H,2,5-6,12-13,15-16H2,1H3. The lowest BCUT2D eigenvalue weighted by Crippen LogP contribution is -2.38. The molecule has 6 nitrogen and oxygen atoms in total. The molecule has 2 heterocycles. The number of rotatable bonds is 6. The maximum Gasteiger partial charge on any atom is 0.242 e. The molecule has 1 aliphatic rings. The quantitative estimate of drug-likeness (QED) is 0.656.